The van der Waals surface area contributed by atoms with Crippen molar-refractivity contribution < 1.29 is 14.7 Å². The molecule has 1 saturated carbocycles. The van der Waals surface area contributed by atoms with Gasteiger partial charge in [0.1, 0.15) is 0 Å². The first kappa shape index (κ1) is 13.2. The van der Waals surface area contributed by atoms with Gasteiger partial charge in [-0.05, 0) is 43.2 Å². The molecule has 0 aliphatic heterocycles. The van der Waals surface area contributed by atoms with E-state index in [9.17, 15) is 9.59 Å². The van der Waals surface area contributed by atoms with Crippen LogP contribution in [0.5, 0.6) is 0 Å². The molecule has 0 radical (unpaired) electrons. The Balaban J connectivity index is 1.62. The van der Waals surface area contributed by atoms with E-state index in [1.165, 1.54) is 11.1 Å². The van der Waals surface area contributed by atoms with Crippen molar-refractivity contribution in [1.82, 2.24) is 5.32 Å². The Labute approximate surface area is 118 Å². The van der Waals surface area contributed by atoms with Crippen LogP contribution in [-0.4, -0.2) is 17.0 Å². The molecule has 0 saturated heterocycles. The molecule has 1 aromatic carbocycles. The van der Waals surface area contributed by atoms with E-state index in [0.717, 1.165) is 12.8 Å². The van der Waals surface area contributed by atoms with Gasteiger partial charge < -0.3 is 10.4 Å². The number of carboxylic acid groups (broad SMARTS) is 1. The molecule has 106 valence electrons. The molecule has 20 heavy (non-hydrogen) atoms. The summed E-state index contributed by atoms with van der Waals surface area (Å²) >= 11 is 0. The lowest BCUT2D eigenvalue weighted by Gasteiger charge is -2.17. The Bertz CT molecular complexity index is 540. The molecule has 1 fully saturated rings. The quantitative estimate of drug-likeness (QED) is 0.888. The van der Waals surface area contributed by atoms with Crippen LogP contribution in [0.25, 0.3) is 0 Å². The molecule has 3 rings (SSSR count). The molecule has 0 bridgehead atoms. The molecule has 2 aliphatic carbocycles. The number of nitrogens with one attached hydrogen (secondary N) is 1. The SMILES string of the molecule is O=C(O)[C@H]1CC[C@@H](C(=O)NC2CCc3ccccc32)C1. The van der Waals surface area contributed by atoms with Crippen LogP contribution in [0.1, 0.15) is 42.9 Å². The van der Waals surface area contributed by atoms with Gasteiger partial charge >= 0.3 is 5.97 Å². The summed E-state index contributed by atoms with van der Waals surface area (Å²) < 4.78 is 0. The molecule has 2 N–H and O–H groups in total. The number of fused-ring (bicyclic) bond motifs is 1. The van der Waals surface area contributed by atoms with Crippen LogP contribution >= 0.6 is 0 Å². The van der Waals surface area contributed by atoms with Crippen molar-refractivity contribution >= 4 is 11.9 Å². The predicted octanol–water partition coefficient (Wildman–Crippen LogP) is 2.29. The van der Waals surface area contributed by atoms with E-state index in [1.807, 2.05) is 12.1 Å². The predicted molar refractivity (Wildman–Crippen MR) is 74.1 cm³/mol. The van der Waals surface area contributed by atoms with E-state index in [-0.39, 0.29) is 23.8 Å². The summed E-state index contributed by atoms with van der Waals surface area (Å²) in [7, 11) is 0. The minimum Gasteiger partial charge on any atom is -0.481 e. The zero-order valence-electron chi connectivity index (χ0n) is 11.3. The first-order chi connectivity index (χ1) is 9.65. The van der Waals surface area contributed by atoms with Crippen molar-refractivity contribution in [1.29, 1.82) is 0 Å². The average molecular weight is 273 g/mol. The third kappa shape index (κ3) is 2.42. The topological polar surface area (TPSA) is 66.4 Å². The van der Waals surface area contributed by atoms with Crippen LogP contribution in [-0.2, 0) is 16.0 Å². The van der Waals surface area contributed by atoms with Gasteiger partial charge in [0.2, 0.25) is 5.91 Å². The summed E-state index contributed by atoms with van der Waals surface area (Å²) in [6.45, 7) is 0. The highest BCUT2D eigenvalue weighted by Crippen LogP contribution is 2.34. The lowest BCUT2D eigenvalue weighted by molar-refractivity contribution is -0.141. The first-order valence-corrected chi connectivity index (χ1v) is 7.26. The molecule has 2 aliphatic rings. The van der Waals surface area contributed by atoms with Crippen molar-refractivity contribution in [2.45, 2.75) is 38.1 Å². The van der Waals surface area contributed by atoms with Gasteiger partial charge in [-0.3, -0.25) is 9.59 Å². The van der Waals surface area contributed by atoms with Gasteiger partial charge in [0.25, 0.3) is 0 Å². The summed E-state index contributed by atoms with van der Waals surface area (Å²) in [6, 6.07) is 8.30. The van der Waals surface area contributed by atoms with E-state index < -0.39 is 5.97 Å². The maximum atomic E-state index is 12.3. The van der Waals surface area contributed by atoms with E-state index >= 15 is 0 Å². The van der Waals surface area contributed by atoms with Gasteiger partial charge in [0.05, 0.1) is 12.0 Å². The van der Waals surface area contributed by atoms with Crippen LogP contribution in [0.15, 0.2) is 24.3 Å². The number of hydrogen-bond acceptors (Lipinski definition) is 2. The highest BCUT2D eigenvalue weighted by atomic mass is 16.4. The Morgan fingerprint density at radius 2 is 1.85 bits per heavy atom. The Kier molecular flexibility index (Phi) is 3.47. The lowest BCUT2D eigenvalue weighted by atomic mass is 10.0. The smallest absolute Gasteiger partial charge is 0.306 e. The van der Waals surface area contributed by atoms with Crippen molar-refractivity contribution in [3.05, 3.63) is 35.4 Å². The van der Waals surface area contributed by atoms with Crippen LogP contribution < -0.4 is 5.32 Å². The molecule has 1 amide bonds. The highest BCUT2D eigenvalue weighted by Gasteiger charge is 2.35. The molecule has 1 unspecified atom stereocenters. The molecular weight excluding hydrogens is 254 g/mol. The Morgan fingerprint density at radius 3 is 2.60 bits per heavy atom. The Hall–Kier alpha value is -1.84. The summed E-state index contributed by atoms with van der Waals surface area (Å²) in [6.07, 6.45) is 3.74. The number of amides is 1. The molecule has 0 spiro atoms. The average Bonchev–Trinajstić information content (AvgIpc) is 3.06. The minimum atomic E-state index is -0.772. The van der Waals surface area contributed by atoms with Crippen molar-refractivity contribution in [3.63, 3.8) is 0 Å². The zero-order valence-corrected chi connectivity index (χ0v) is 11.3. The molecule has 0 aromatic heterocycles. The van der Waals surface area contributed by atoms with Crippen LogP contribution in [0.3, 0.4) is 0 Å². The highest BCUT2D eigenvalue weighted by molar-refractivity contribution is 5.81. The fraction of sp³-hybridized carbons (Fsp3) is 0.500. The number of benzene rings is 1. The number of rotatable bonds is 3. The maximum absolute atomic E-state index is 12.3. The number of hydrogen-bond donors (Lipinski definition) is 2. The fourth-order valence-electron chi connectivity index (χ4n) is 3.44. The molecule has 4 heteroatoms. The van der Waals surface area contributed by atoms with E-state index in [0.29, 0.717) is 19.3 Å². The summed E-state index contributed by atoms with van der Waals surface area (Å²) in [5.41, 5.74) is 2.53. The number of carboxylic acids is 1. The van der Waals surface area contributed by atoms with Crippen molar-refractivity contribution in [2.75, 3.05) is 0 Å². The van der Waals surface area contributed by atoms with Crippen molar-refractivity contribution in [3.8, 4) is 0 Å². The second kappa shape index (κ2) is 5.27. The maximum Gasteiger partial charge on any atom is 0.306 e. The van der Waals surface area contributed by atoms with Crippen molar-refractivity contribution in [2.24, 2.45) is 11.8 Å². The van der Waals surface area contributed by atoms with Gasteiger partial charge in [-0.15, -0.1) is 0 Å². The summed E-state index contributed by atoms with van der Waals surface area (Å²) in [5, 5.41) is 12.1. The third-order valence-electron chi connectivity index (χ3n) is 4.60. The van der Waals surface area contributed by atoms with E-state index in [2.05, 4.69) is 17.4 Å². The molecule has 4 nitrogen and oxygen atoms in total. The number of carbonyl (C=O) groups is 2. The monoisotopic (exact) mass is 273 g/mol. The summed E-state index contributed by atoms with van der Waals surface area (Å²) in [5.74, 6) is -1.23. The molecular formula is C16H19NO3. The second-order valence-corrected chi connectivity index (χ2v) is 5.84. The molecule has 3 atom stereocenters. The van der Waals surface area contributed by atoms with Gasteiger partial charge in [0.15, 0.2) is 0 Å². The number of carbonyl (C=O) groups excluding carboxylic acids is 1. The Morgan fingerprint density at radius 1 is 1.10 bits per heavy atom. The first-order valence-electron chi connectivity index (χ1n) is 7.26. The van der Waals surface area contributed by atoms with Gasteiger partial charge in [-0.25, -0.2) is 0 Å². The molecule has 1 aromatic rings. The number of aryl methyl sites for hydroxylation is 1. The van der Waals surface area contributed by atoms with Crippen LogP contribution in [0.2, 0.25) is 0 Å². The molecule has 0 heterocycles. The standard InChI is InChI=1S/C16H19NO3/c18-15(11-5-6-12(9-11)16(19)20)17-14-8-7-10-3-1-2-4-13(10)14/h1-4,11-12,14H,5-9H2,(H,17,18)(H,19,20)/t11-,12+,14?/m1/s1. The van der Waals surface area contributed by atoms with Crippen LogP contribution in [0, 0.1) is 11.8 Å². The van der Waals surface area contributed by atoms with E-state index in [4.69, 9.17) is 5.11 Å². The van der Waals surface area contributed by atoms with E-state index in [1.54, 1.807) is 0 Å². The number of aliphatic carboxylic acids is 1. The lowest BCUT2D eigenvalue weighted by Crippen LogP contribution is -2.32. The van der Waals surface area contributed by atoms with Gasteiger partial charge in [0, 0.05) is 5.92 Å². The van der Waals surface area contributed by atoms with Gasteiger partial charge in [-0.1, -0.05) is 24.3 Å². The minimum absolute atomic E-state index is 0.0236. The zero-order chi connectivity index (χ0) is 14.1. The van der Waals surface area contributed by atoms with Crippen LogP contribution in [0.4, 0.5) is 0 Å². The van der Waals surface area contributed by atoms with Gasteiger partial charge in [-0.2, -0.15) is 0 Å². The normalized spacial score (nSPS) is 28.1. The third-order valence-corrected chi connectivity index (χ3v) is 4.60. The largest absolute Gasteiger partial charge is 0.481 e. The summed E-state index contributed by atoms with van der Waals surface area (Å²) in [4.78, 5) is 23.2. The fourth-order valence-corrected chi connectivity index (χ4v) is 3.44. The second-order valence-electron chi connectivity index (χ2n) is 5.84.